The van der Waals surface area contributed by atoms with E-state index in [1.165, 1.54) is 25.3 Å². The van der Waals surface area contributed by atoms with Crippen LogP contribution in [-0.2, 0) is 4.79 Å². The molecule has 0 bridgehead atoms. The molecule has 3 atom stereocenters. The molecule has 0 spiro atoms. The van der Waals surface area contributed by atoms with Crippen LogP contribution in [0.25, 0.3) is 0 Å². The third-order valence-corrected chi connectivity index (χ3v) is 8.21. The van der Waals surface area contributed by atoms with Crippen molar-refractivity contribution >= 4 is 23.5 Å². The molecular weight excluding hydrogens is 544 g/mol. The molecule has 0 radical (unpaired) electrons. The maximum Gasteiger partial charge on any atom is 0.410 e. The molecule has 4 amide bonds. The molecule has 3 aliphatic rings. The maximum absolute atomic E-state index is 15.2. The molecular formula is C28H34F4N6O3. The van der Waals surface area contributed by atoms with Gasteiger partial charge in [0, 0.05) is 12.2 Å². The van der Waals surface area contributed by atoms with Gasteiger partial charge in [-0.1, -0.05) is 6.07 Å². The lowest BCUT2D eigenvalue weighted by molar-refractivity contribution is -0.150. The van der Waals surface area contributed by atoms with E-state index in [2.05, 4.69) is 15.7 Å². The highest BCUT2D eigenvalue weighted by Gasteiger charge is 2.49. The van der Waals surface area contributed by atoms with Crippen molar-refractivity contribution in [2.75, 3.05) is 11.9 Å². The van der Waals surface area contributed by atoms with Crippen LogP contribution < -0.4 is 16.0 Å². The van der Waals surface area contributed by atoms with E-state index in [1.54, 1.807) is 10.7 Å². The van der Waals surface area contributed by atoms with Gasteiger partial charge in [0.1, 0.15) is 23.6 Å². The van der Waals surface area contributed by atoms with Crippen LogP contribution in [0.3, 0.4) is 0 Å². The minimum Gasteiger partial charge on any atom is -0.339 e. The number of amides is 4. The van der Waals surface area contributed by atoms with Crippen molar-refractivity contribution in [3.63, 3.8) is 0 Å². The maximum atomic E-state index is 15.2. The molecule has 5 rings (SSSR count). The van der Waals surface area contributed by atoms with Gasteiger partial charge in [0.25, 0.3) is 5.91 Å². The molecule has 13 heteroatoms. The predicted octanol–water partition coefficient (Wildman–Crippen LogP) is 4.79. The van der Waals surface area contributed by atoms with Crippen LogP contribution in [0.4, 0.5) is 28.0 Å². The Bertz CT molecular complexity index is 1310. The number of carbonyl (C=O) groups is 3. The number of benzene rings is 1. The number of nitrogens with zero attached hydrogens (tertiary/aromatic N) is 3. The molecule has 2 saturated carbocycles. The smallest absolute Gasteiger partial charge is 0.339 e. The van der Waals surface area contributed by atoms with E-state index in [0.717, 1.165) is 36.6 Å². The molecule has 1 aliphatic heterocycles. The van der Waals surface area contributed by atoms with Crippen LogP contribution in [0.1, 0.15) is 74.6 Å². The van der Waals surface area contributed by atoms with E-state index in [9.17, 15) is 27.6 Å². The fourth-order valence-electron chi connectivity index (χ4n) is 5.71. The number of carbonyl (C=O) groups excluding carboxylic acids is 3. The summed E-state index contributed by atoms with van der Waals surface area (Å²) < 4.78 is 56.1. The topological polar surface area (TPSA) is 108 Å². The van der Waals surface area contributed by atoms with Gasteiger partial charge in [-0.3, -0.25) is 14.3 Å². The third kappa shape index (κ3) is 6.18. The monoisotopic (exact) mass is 578 g/mol. The number of urea groups is 1. The summed E-state index contributed by atoms with van der Waals surface area (Å²) in [4.78, 5) is 40.0. The van der Waals surface area contributed by atoms with Crippen LogP contribution in [0.2, 0.25) is 0 Å². The summed E-state index contributed by atoms with van der Waals surface area (Å²) >= 11 is 0. The molecule has 3 N–H and O–H groups in total. The van der Waals surface area contributed by atoms with Crippen molar-refractivity contribution < 1.29 is 31.9 Å². The minimum absolute atomic E-state index is 0.0679. The van der Waals surface area contributed by atoms with Crippen molar-refractivity contribution in [1.82, 2.24) is 25.3 Å². The Hall–Kier alpha value is -3.64. The average Bonchev–Trinajstić information content (AvgIpc) is 3.83. The van der Waals surface area contributed by atoms with Crippen molar-refractivity contribution in [3.05, 3.63) is 47.5 Å². The molecule has 222 valence electrons. The molecule has 1 aromatic heterocycles. The van der Waals surface area contributed by atoms with Gasteiger partial charge < -0.3 is 20.9 Å². The lowest BCUT2D eigenvalue weighted by Crippen LogP contribution is -2.50. The fraction of sp³-hybridized carbons (Fsp3) is 0.571. The van der Waals surface area contributed by atoms with Gasteiger partial charge in [-0.15, -0.1) is 0 Å². The van der Waals surface area contributed by atoms with Crippen LogP contribution in [0.5, 0.6) is 0 Å². The number of anilines is 1. The Kier molecular flexibility index (Phi) is 7.73. The second-order valence-corrected chi connectivity index (χ2v) is 11.6. The van der Waals surface area contributed by atoms with E-state index < -0.39 is 54.5 Å². The highest BCUT2D eigenvalue weighted by Crippen LogP contribution is 2.51. The standard InChI is InChI=1S/C28H34F4N6O3/c1-14(2)38-21(10-11-33-38)25(39)36-24(23(16-4-5-16)17-6-7-17)26(40)34-20-9-8-18(12-19(20)29)15(3)37-13-22(28(30,31)32)35-27(37)41/h8-12,14-17,22-24H,4-7,13H2,1-3H3,(H,34,40)(H,35,41)(H,36,39)/t15-,22-,24?/m0/s1. The molecule has 2 aromatic rings. The van der Waals surface area contributed by atoms with Crippen LogP contribution >= 0.6 is 0 Å². The van der Waals surface area contributed by atoms with Crippen LogP contribution in [0, 0.1) is 23.6 Å². The molecule has 2 aliphatic carbocycles. The Morgan fingerprint density at radius 2 is 1.73 bits per heavy atom. The Labute approximate surface area is 235 Å². The van der Waals surface area contributed by atoms with Gasteiger partial charge >= 0.3 is 12.2 Å². The number of alkyl halides is 3. The van der Waals surface area contributed by atoms with E-state index in [1.807, 2.05) is 19.2 Å². The Morgan fingerprint density at radius 3 is 2.27 bits per heavy atom. The van der Waals surface area contributed by atoms with Crippen LogP contribution in [0.15, 0.2) is 30.5 Å². The highest BCUT2D eigenvalue weighted by molar-refractivity contribution is 6.01. The quantitative estimate of drug-likeness (QED) is 0.352. The van der Waals surface area contributed by atoms with Crippen LogP contribution in [-0.4, -0.2) is 57.3 Å². The first kappa shape index (κ1) is 28.9. The zero-order chi connectivity index (χ0) is 29.6. The van der Waals surface area contributed by atoms with Crippen molar-refractivity contribution in [2.24, 2.45) is 17.8 Å². The first-order valence-corrected chi connectivity index (χ1v) is 13.9. The van der Waals surface area contributed by atoms with Crippen molar-refractivity contribution in [1.29, 1.82) is 0 Å². The summed E-state index contributed by atoms with van der Waals surface area (Å²) in [5, 5.41) is 11.6. The first-order valence-electron chi connectivity index (χ1n) is 13.9. The summed E-state index contributed by atoms with van der Waals surface area (Å²) in [5.74, 6) is -1.25. The number of hydrogen-bond donors (Lipinski definition) is 3. The summed E-state index contributed by atoms with van der Waals surface area (Å²) in [6, 6.07) is 0.793. The molecule has 2 heterocycles. The van der Waals surface area contributed by atoms with E-state index in [0.29, 0.717) is 17.5 Å². The molecule has 1 saturated heterocycles. The molecule has 1 aromatic carbocycles. The predicted molar refractivity (Wildman–Crippen MR) is 141 cm³/mol. The van der Waals surface area contributed by atoms with Gasteiger partial charge in [-0.05, 0) is 88.0 Å². The number of rotatable bonds is 10. The van der Waals surface area contributed by atoms with Gasteiger partial charge in [0.15, 0.2) is 0 Å². The zero-order valence-electron chi connectivity index (χ0n) is 23.0. The second-order valence-electron chi connectivity index (χ2n) is 11.6. The van der Waals surface area contributed by atoms with Gasteiger partial charge in [-0.25, -0.2) is 9.18 Å². The van der Waals surface area contributed by atoms with E-state index in [-0.39, 0.29) is 23.2 Å². The first-order chi connectivity index (χ1) is 19.3. The normalized spacial score (nSPS) is 20.8. The zero-order valence-corrected chi connectivity index (χ0v) is 23.0. The largest absolute Gasteiger partial charge is 0.410 e. The van der Waals surface area contributed by atoms with E-state index in [4.69, 9.17) is 0 Å². The number of halogens is 4. The van der Waals surface area contributed by atoms with E-state index >= 15 is 4.39 Å². The summed E-state index contributed by atoms with van der Waals surface area (Å²) in [6.45, 7) is 4.70. The van der Waals surface area contributed by atoms with Crippen molar-refractivity contribution in [2.45, 2.75) is 76.8 Å². The lowest BCUT2D eigenvalue weighted by Gasteiger charge is -2.28. The summed E-state index contributed by atoms with van der Waals surface area (Å²) in [7, 11) is 0. The average molecular weight is 579 g/mol. The SMILES string of the molecule is CC(C)n1nccc1C(=O)NC(C(=O)Nc1ccc([C@H](C)N2C[C@@H](C(F)(F)F)NC2=O)cc1F)C(C1CC1)C1CC1. The molecule has 9 nitrogen and oxygen atoms in total. The number of hydrogen-bond acceptors (Lipinski definition) is 4. The highest BCUT2D eigenvalue weighted by atomic mass is 19.4. The summed E-state index contributed by atoms with van der Waals surface area (Å²) in [5.41, 5.74) is 0.479. The fourth-order valence-corrected chi connectivity index (χ4v) is 5.71. The molecule has 3 fully saturated rings. The molecule has 41 heavy (non-hydrogen) atoms. The lowest BCUT2D eigenvalue weighted by atomic mass is 9.88. The van der Waals surface area contributed by atoms with Gasteiger partial charge in [0.2, 0.25) is 5.91 Å². The Balaban J connectivity index is 1.33. The summed E-state index contributed by atoms with van der Waals surface area (Å²) in [6.07, 6.45) is 0.782. The third-order valence-electron chi connectivity index (χ3n) is 8.21. The molecule has 1 unspecified atom stereocenters. The second kappa shape index (κ2) is 11.0. The number of aromatic nitrogens is 2. The van der Waals surface area contributed by atoms with Gasteiger partial charge in [-0.2, -0.15) is 18.3 Å². The van der Waals surface area contributed by atoms with Gasteiger partial charge in [0.05, 0.1) is 18.3 Å². The number of nitrogens with one attached hydrogen (secondary N) is 3. The Morgan fingerprint density at radius 1 is 1.07 bits per heavy atom. The minimum atomic E-state index is -4.59. The van der Waals surface area contributed by atoms with Crippen molar-refractivity contribution in [3.8, 4) is 0 Å².